The highest BCUT2D eigenvalue weighted by Crippen LogP contribution is 2.27. The number of rotatable bonds is 7. The minimum absolute atomic E-state index is 0.0753. The molecule has 2 aromatic heterocycles. The van der Waals surface area contributed by atoms with Gasteiger partial charge in [0.1, 0.15) is 6.61 Å². The second-order valence-corrected chi connectivity index (χ2v) is 6.08. The summed E-state index contributed by atoms with van der Waals surface area (Å²) in [6.45, 7) is 2.73. The maximum Gasteiger partial charge on any atom is 0.216 e. The number of carbonyl (C=O) groups is 1. The van der Waals surface area contributed by atoms with Gasteiger partial charge in [-0.15, -0.1) is 0 Å². The van der Waals surface area contributed by atoms with E-state index >= 15 is 0 Å². The molecule has 0 radical (unpaired) electrons. The van der Waals surface area contributed by atoms with E-state index in [1.165, 1.54) is 19.2 Å². The van der Waals surface area contributed by atoms with Crippen molar-refractivity contribution in [3.63, 3.8) is 0 Å². The summed E-state index contributed by atoms with van der Waals surface area (Å²) >= 11 is 5.80. The Bertz CT molecular complexity index is 890. The Hall–Kier alpha value is -2.54. The number of nitrogens with zero attached hydrogens (tertiary/aromatic N) is 2. The molecule has 1 aromatic carbocycles. The first-order valence-electron chi connectivity index (χ1n) is 7.87. The zero-order valence-electron chi connectivity index (χ0n) is 13.7. The first kappa shape index (κ1) is 17.3. The molecular formula is C17H18ClFN4O2. The molecule has 8 heteroatoms. The quantitative estimate of drug-likeness (QED) is 0.677. The molecule has 0 atom stereocenters. The number of benzene rings is 1. The number of aromatic amines is 1. The van der Waals surface area contributed by atoms with Crippen LogP contribution in [0.15, 0.2) is 30.7 Å². The van der Waals surface area contributed by atoms with Gasteiger partial charge in [-0.2, -0.15) is 5.10 Å². The van der Waals surface area contributed by atoms with Crippen molar-refractivity contribution in [1.82, 2.24) is 20.1 Å². The largest absolute Gasteiger partial charge is 0.489 e. The molecule has 0 aliphatic heterocycles. The molecule has 0 bridgehead atoms. The van der Waals surface area contributed by atoms with Gasteiger partial charge in [0.2, 0.25) is 5.91 Å². The Labute approximate surface area is 148 Å². The van der Waals surface area contributed by atoms with Crippen LogP contribution in [0.25, 0.3) is 10.9 Å². The monoisotopic (exact) mass is 364 g/mol. The summed E-state index contributed by atoms with van der Waals surface area (Å²) in [5.41, 5.74) is 1.69. The van der Waals surface area contributed by atoms with Gasteiger partial charge in [-0.3, -0.25) is 9.48 Å². The molecule has 2 N–H and O–H groups in total. The molecule has 132 valence electrons. The highest BCUT2D eigenvalue weighted by atomic mass is 35.5. The minimum Gasteiger partial charge on any atom is -0.489 e. The summed E-state index contributed by atoms with van der Waals surface area (Å²) < 4.78 is 21.4. The Balaban J connectivity index is 1.69. The van der Waals surface area contributed by atoms with Crippen molar-refractivity contribution in [2.45, 2.75) is 19.9 Å². The Morgan fingerprint density at radius 1 is 1.48 bits per heavy atom. The number of ether oxygens (including phenoxy) is 1. The van der Waals surface area contributed by atoms with Crippen LogP contribution in [0.4, 0.5) is 4.39 Å². The zero-order chi connectivity index (χ0) is 17.8. The number of hydrogen-bond donors (Lipinski definition) is 2. The molecule has 0 saturated heterocycles. The lowest BCUT2D eigenvalue weighted by Crippen LogP contribution is -2.22. The van der Waals surface area contributed by atoms with Gasteiger partial charge in [0.25, 0.3) is 0 Å². The molecule has 0 saturated carbocycles. The molecule has 6 nitrogen and oxygen atoms in total. The molecule has 3 aromatic rings. The lowest BCUT2D eigenvalue weighted by Gasteiger charge is -2.08. The van der Waals surface area contributed by atoms with Gasteiger partial charge in [0.05, 0.1) is 17.8 Å². The van der Waals surface area contributed by atoms with E-state index in [2.05, 4.69) is 15.4 Å². The van der Waals surface area contributed by atoms with Crippen LogP contribution in [-0.2, 0) is 17.8 Å². The van der Waals surface area contributed by atoms with Crippen molar-refractivity contribution in [1.29, 1.82) is 0 Å². The van der Waals surface area contributed by atoms with Crippen LogP contribution < -0.4 is 10.1 Å². The van der Waals surface area contributed by atoms with E-state index < -0.39 is 5.82 Å². The number of amides is 1. The normalized spacial score (nSPS) is 11.0. The van der Waals surface area contributed by atoms with Crippen LogP contribution in [0, 0.1) is 5.82 Å². The molecule has 2 heterocycles. The van der Waals surface area contributed by atoms with Gasteiger partial charge in [-0.25, -0.2) is 4.39 Å². The topological polar surface area (TPSA) is 71.9 Å². The lowest BCUT2D eigenvalue weighted by molar-refractivity contribution is -0.118. The molecule has 0 spiro atoms. The van der Waals surface area contributed by atoms with Gasteiger partial charge in [-0.05, 0) is 18.1 Å². The van der Waals surface area contributed by atoms with E-state index in [9.17, 15) is 9.18 Å². The van der Waals surface area contributed by atoms with E-state index in [4.69, 9.17) is 16.3 Å². The predicted molar refractivity (Wildman–Crippen MR) is 93.4 cm³/mol. The Morgan fingerprint density at radius 2 is 2.32 bits per heavy atom. The fourth-order valence-electron chi connectivity index (χ4n) is 2.58. The zero-order valence-corrected chi connectivity index (χ0v) is 14.4. The van der Waals surface area contributed by atoms with Crippen molar-refractivity contribution in [3.05, 3.63) is 47.1 Å². The van der Waals surface area contributed by atoms with Crippen LogP contribution in [0.1, 0.15) is 12.5 Å². The molecule has 0 unspecified atom stereocenters. The number of H-pyrrole nitrogens is 1. The van der Waals surface area contributed by atoms with Crippen LogP contribution in [0.2, 0.25) is 5.02 Å². The molecule has 1 amide bonds. The maximum absolute atomic E-state index is 14.2. The van der Waals surface area contributed by atoms with E-state index in [1.807, 2.05) is 6.20 Å². The summed E-state index contributed by atoms with van der Waals surface area (Å²) in [5.74, 6) is -0.318. The van der Waals surface area contributed by atoms with Gasteiger partial charge in [0, 0.05) is 42.8 Å². The lowest BCUT2D eigenvalue weighted by atomic mass is 10.1. The summed E-state index contributed by atoms with van der Waals surface area (Å²) in [7, 11) is 0. The number of nitrogens with one attached hydrogen (secondary N) is 2. The fourth-order valence-corrected chi connectivity index (χ4v) is 2.74. The smallest absolute Gasteiger partial charge is 0.216 e. The Morgan fingerprint density at radius 3 is 3.04 bits per heavy atom. The minimum atomic E-state index is -0.429. The maximum atomic E-state index is 14.2. The van der Waals surface area contributed by atoms with Crippen molar-refractivity contribution in [3.8, 4) is 5.75 Å². The molecular weight excluding hydrogens is 347 g/mol. The third-order valence-electron chi connectivity index (χ3n) is 3.77. The van der Waals surface area contributed by atoms with E-state index in [0.29, 0.717) is 30.0 Å². The van der Waals surface area contributed by atoms with Gasteiger partial charge < -0.3 is 15.0 Å². The van der Waals surface area contributed by atoms with Gasteiger partial charge in [0.15, 0.2) is 11.6 Å². The fraction of sp³-hybridized carbons (Fsp3) is 0.294. The second kappa shape index (κ2) is 7.57. The highest BCUT2D eigenvalue weighted by molar-refractivity contribution is 6.30. The predicted octanol–water partition coefficient (Wildman–Crippen LogP) is 2.91. The van der Waals surface area contributed by atoms with Crippen LogP contribution in [0.3, 0.4) is 0 Å². The summed E-state index contributed by atoms with van der Waals surface area (Å²) in [6, 6.07) is 3.09. The number of aromatic nitrogens is 3. The third-order valence-corrected chi connectivity index (χ3v) is 3.96. The van der Waals surface area contributed by atoms with Crippen molar-refractivity contribution in [2.24, 2.45) is 0 Å². The molecule has 0 aliphatic rings. The van der Waals surface area contributed by atoms with E-state index in [1.54, 1.807) is 16.9 Å². The van der Waals surface area contributed by atoms with Gasteiger partial charge >= 0.3 is 0 Å². The standard InChI is InChI=1S/C17H18ClFN4O2/c1-11(24)20-3-2-12-8-21-16-7-15(19)17(6-14(12)16)25-5-4-23-10-13(18)9-22-23/h6-10,21H,2-5H2,1H3,(H,20,24). The first-order chi connectivity index (χ1) is 12.0. The van der Waals surface area contributed by atoms with Crippen LogP contribution in [0.5, 0.6) is 5.75 Å². The number of halogens is 2. The van der Waals surface area contributed by atoms with E-state index in [0.717, 1.165) is 10.9 Å². The first-order valence-corrected chi connectivity index (χ1v) is 8.25. The molecule has 25 heavy (non-hydrogen) atoms. The van der Waals surface area contributed by atoms with Crippen molar-refractivity contribution < 1.29 is 13.9 Å². The summed E-state index contributed by atoms with van der Waals surface area (Å²) in [6.07, 6.45) is 5.68. The molecule has 0 aliphatic carbocycles. The Kier molecular flexibility index (Phi) is 5.23. The highest BCUT2D eigenvalue weighted by Gasteiger charge is 2.11. The molecule has 3 rings (SSSR count). The van der Waals surface area contributed by atoms with Crippen LogP contribution >= 0.6 is 11.6 Å². The second-order valence-electron chi connectivity index (χ2n) is 5.65. The summed E-state index contributed by atoms with van der Waals surface area (Å²) in [5, 5.41) is 8.22. The number of hydrogen-bond acceptors (Lipinski definition) is 3. The third kappa shape index (κ3) is 4.30. The van der Waals surface area contributed by atoms with Crippen LogP contribution in [-0.4, -0.2) is 33.8 Å². The summed E-state index contributed by atoms with van der Waals surface area (Å²) in [4.78, 5) is 14.0. The van der Waals surface area contributed by atoms with Crippen molar-refractivity contribution >= 4 is 28.4 Å². The average Bonchev–Trinajstić information content (AvgIpc) is 3.14. The average molecular weight is 365 g/mol. The number of carbonyl (C=O) groups excluding carboxylic acids is 1. The van der Waals surface area contributed by atoms with E-state index in [-0.39, 0.29) is 18.3 Å². The SMILES string of the molecule is CC(=O)NCCc1c[nH]c2cc(F)c(OCCn3cc(Cl)cn3)cc12. The van der Waals surface area contributed by atoms with Crippen molar-refractivity contribution in [2.75, 3.05) is 13.2 Å². The molecule has 0 fully saturated rings. The number of fused-ring (bicyclic) bond motifs is 1. The van der Waals surface area contributed by atoms with Gasteiger partial charge in [-0.1, -0.05) is 11.6 Å².